The second kappa shape index (κ2) is 3.52. The molecule has 0 saturated heterocycles. The molecule has 0 spiro atoms. The highest BCUT2D eigenvalue weighted by molar-refractivity contribution is 5.89. The number of carboxylic acid groups (broad SMARTS) is 1. The van der Waals surface area contributed by atoms with Crippen LogP contribution in [0.1, 0.15) is 24.5 Å². The molecule has 1 unspecified atom stereocenters. The SMILES string of the molecule is O=C(O)C1CCCn2c1cc1c(O)cccc12. The van der Waals surface area contributed by atoms with Crippen molar-refractivity contribution in [3.63, 3.8) is 0 Å². The molecule has 4 nitrogen and oxygen atoms in total. The summed E-state index contributed by atoms with van der Waals surface area (Å²) in [5, 5.41) is 19.7. The summed E-state index contributed by atoms with van der Waals surface area (Å²) in [4.78, 5) is 11.2. The molecular formula is C13H13NO3. The molecule has 4 heteroatoms. The Labute approximate surface area is 98.1 Å². The third kappa shape index (κ3) is 1.40. The van der Waals surface area contributed by atoms with Crippen LogP contribution in [0.25, 0.3) is 10.9 Å². The lowest BCUT2D eigenvalue weighted by Crippen LogP contribution is -2.21. The number of hydrogen-bond donors (Lipinski definition) is 2. The van der Waals surface area contributed by atoms with E-state index in [9.17, 15) is 15.0 Å². The number of carbonyl (C=O) groups is 1. The zero-order valence-electron chi connectivity index (χ0n) is 9.26. The molecule has 0 bridgehead atoms. The van der Waals surface area contributed by atoms with Crippen LogP contribution < -0.4 is 0 Å². The summed E-state index contributed by atoms with van der Waals surface area (Å²) >= 11 is 0. The summed E-state index contributed by atoms with van der Waals surface area (Å²) in [5.41, 5.74) is 1.73. The first-order valence-corrected chi connectivity index (χ1v) is 5.72. The summed E-state index contributed by atoms with van der Waals surface area (Å²) in [6.45, 7) is 0.825. The Morgan fingerprint density at radius 2 is 2.24 bits per heavy atom. The van der Waals surface area contributed by atoms with Gasteiger partial charge in [-0.15, -0.1) is 0 Å². The highest BCUT2D eigenvalue weighted by Gasteiger charge is 2.28. The third-order valence-corrected chi connectivity index (χ3v) is 3.48. The summed E-state index contributed by atoms with van der Waals surface area (Å²) in [5.74, 6) is -1.02. The number of nitrogens with zero attached hydrogens (tertiary/aromatic N) is 1. The summed E-state index contributed by atoms with van der Waals surface area (Å²) < 4.78 is 2.01. The van der Waals surface area contributed by atoms with Crippen LogP contribution in [-0.2, 0) is 11.3 Å². The molecule has 0 radical (unpaired) electrons. The van der Waals surface area contributed by atoms with Crippen molar-refractivity contribution in [3.8, 4) is 5.75 Å². The van der Waals surface area contributed by atoms with Gasteiger partial charge in [-0.25, -0.2) is 0 Å². The van der Waals surface area contributed by atoms with Gasteiger partial charge in [0.15, 0.2) is 0 Å². The maximum atomic E-state index is 11.2. The van der Waals surface area contributed by atoms with E-state index < -0.39 is 11.9 Å². The fraction of sp³-hybridized carbons (Fsp3) is 0.308. The van der Waals surface area contributed by atoms with Crippen LogP contribution in [0.3, 0.4) is 0 Å². The Morgan fingerprint density at radius 3 is 3.00 bits per heavy atom. The van der Waals surface area contributed by atoms with Crippen LogP contribution in [0.4, 0.5) is 0 Å². The van der Waals surface area contributed by atoms with Crippen LogP contribution >= 0.6 is 0 Å². The molecule has 0 aliphatic carbocycles. The van der Waals surface area contributed by atoms with Gasteiger partial charge in [0.25, 0.3) is 0 Å². The zero-order valence-corrected chi connectivity index (χ0v) is 9.26. The predicted molar refractivity (Wildman–Crippen MR) is 63.2 cm³/mol. The molecule has 0 amide bonds. The summed E-state index contributed by atoms with van der Waals surface area (Å²) in [6, 6.07) is 7.14. The quantitative estimate of drug-likeness (QED) is 0.791. The monoisotopic (exact) mass is 231 g/mol. The van der Waals surface area contributed by atoms with Crippen LogP contribution in [0.15, 0.2) is 24.3 Å². The number of aliphatic carboxylic acids is 1. The number of aromatic hydroxyl groups is 1. The molecule has 2 heterocycles. The van der Waals surface area contributed by atoms with Gasteiger partial charge in [0.2, 0.25) is 0 Å². The van der Waals surface area contributed by atoms with Gasteiger partial charge >= 0.3 is 5.97 Å². The average Bonchev–Trinajstić information content (AvgIpc) is 2.69. The molecule has 1 atom stereocenters. The molecule has 1 aromatic carbocycles. The minimum absolute atomic E-state index is 0.216. The minimum atomic E-state index is -0.784. The van der Waals surface area contributed by atoms with Crippen LogP contribution in [0, 0.1) is 0 Å². The number of aryl methyl sites for hydroxylation is 1. The summed E-state index contributed by atoms with van der Waals surface area (Å²) in [6.07, 6.45) is 1.54. The molecule has 1 aliphatic heterocycles. The van der Waals surface area contributed by atoms with E-state index in [1.807, 2.05) is 16.7 Å². The molecule has 17 heavy (non-hydrogen) atoms. The fourth-order valence-corrected chi connectivity index (χ4v) is 2.68. The number of fused-ring (bicyclic) bond motifs is 3. The maximum absolute atomic E-state index is 11.2. The van der Waals surface area contributed by atoms with Gasteiger partial charge < -0.3 is 14.8 Å². The van der Waals surface area contributed by atoms with E-state index in [2.05, 4.69) is 0 Å². The molecule has 1 aliphatic rings. The molecule has 2 N–H and O–H groups in total. The maximum Gasteiger partial charge on any atom is 0.312 e. The average molecular weight is 231 g/mol. The van der Waals surface area contributed by atoms with Crippen molar-refractivity contribution in [1.82, 2.24) is 4.57 Å². The Kier molecular flexibility index (Phi) is 2.11. The van der Waals surface area contributed by atoms with E-state index in [1.165, 1.54) is 0 Å². The Morgan fingerprint density at radius 1 is 1.41 bits per heavy atom. The standard InChI is InChI=1S/C13H13NO3/c15-12-5-1-4-10-9(12)7-11-8(13(16)17)3-2-6-14(10)11/h1,4-5,7-8,15H,2-3,6H2,(H,16,17). The van der Waals surface area contributed by atoms with Gasteiger partial charge in [-0.1, -0.05) is 6.07 Å². The number of phenolic OH excluding ortho intramolecular Hbond substituents is 1. The topological polar surface area (TPSA) is 62.5 Å². The van der Waals surface area contributed by atoms with Crippen molar-refractivity contribution in [2.45, 2.75) is 25.3 Å². The van der Waals surface area contributed by atoms with E-state index in [4.69, 9.17) is 0 Å². The number of benzene rings is 1. The normalized spacial score (nSPS) is 19.2. The molecule has 0 fully saturated rings. The van der Waals surface area contributed by atoms with E-state index in [0.717, 1.165) is 29.6 Å². The zero-order chi connectivity index (χ0) is 12.0. The first-order chi connectivity index (χ1) is 8.18. The summed E-state index contributed by atoms with van der Waals surface area (Å²) in [7, 11) is 0. The fourth-order valence-electron chi connectivity index (χ4n) is 2.68. The lowest BCUT2D eigenvalue weighted by atomic mass is 9.96. The molecule has 0 saturated carbocycles. The number of rotatable bonds is 1. The minimum Gasteiger partial charge on any atom is -0.507 e. The second-order valence-electron chi connectivity index (χ2n) is 4.46. The van der Waals surface area contributed by atoms with Gasteiger partial charge in [-0.3, -0.25) is 4.79 Å². The number of hydrogen-bond acceptors (Lipinski definition) is 2. The van der Waals surface area contributed by atoms with Crippen molar-refractivity contribution in [3.05, 3.63) is 30.0 Å². The van der Waals surface area contributed by atoms with E-state index in [0.29, 0.717) is 6.42 Å². The molecule has 88 valence electrons. The van der Waals surface area contributed by atoms with Gasteiger partial charge in [0.1, 0.15) is 5.75 Å². The Hall–Kier alpha value is -1.97. The first-order valence-electron chi connectivity index (χ1n) is 5.72. The van der Waals surface area contributed by atoms with E-state index in [-0.39, 0.29) is 5.75 Å². The lowest BCUT2D eigenvalue weighted by molar-refractivity contribution is -0.139. The number of phenols is 1. The predicted octanol–water partition coefficient (Wildman–Crippen LogP) is 2.31. The lowest BCUT2D eigenvalue weighted by Gasteiger charge is -2.22. The Bertz CT molecular complexity index is 600. The van der Waals surface area contributed by atoms with Crippen LogP contribution in [0.5, 0.6) is 5.75 Å². The smallest absolute Gasteiger partial charge is 0.312 e. The van der Waals surface area contributed by atoms with Crippen molar-refractivity contribution < 1.29 is 15.0 Å². The molecule has 3 rings (SSSR count). The molecular weight excluding hydrogens is 218 g/mol. The number of carboxylic acids is 1. The second-order valence-corrected chi connectivity index (χ2v) is 4.46. The largest absolute Gasteiger partial charge is 0.507 e. The van der Waals surface area contributed by atoms with Crippen molar-refractivity contribution in [1.29, 1.82) is 0 Å². The van der Waals surface area contributed by atoms with Crippen LogP contribution in [-0.4, -0.2) is 20.7 Å². The first kappa shape index (κ1) is 10.2. The van der Waals surface area contributed by atoms with Gasteiger partial charge in [0.05, 0.1) is 11.4 Å². The van der Waals surface area contributed by atoms with Crippen molar-refractivity contribution >= 4 is 16.9 Å². The highest BCUT2D eigenvalue weighted by Crippen LogP contribution is 2.36. The van der Waals surface area contributed by atoms with Gasteiger partial charge in [-0.05, 0) is 31.0 Å². The molecule has 1 aromatic heterocycles. The van der Waals surface area contributed by atoms with E-state index in [1.54, 1.807) is 12.1 Å². The third-order valence-electron chi connectivity index (χ3n) is 3.48. The molecule has 2 aromatic rings. The Balaban J connectivity index is 2.28. The van der Waals surface area contributed by atoms with Gasteiger partial charge in [-0.2, -0.15) is 0 Å². The van der Waals surface area contributed by atoms with E-state index >= 15 is 0 Å². The van der Waals surface area contributed by atoms with Crippen molar-refractivity contribution in [2.75, 3.05) is 0 Å². The van der Waals surface area contributed by atoms with Crippen molar-refractivity contribution in [2.24, 2.45) is 0 Å². The van der Waals surface area contributed by atoms with Crippen LogP contribution in [0.2, 0.25) is 0 Å². The number of aromatic nitrogens is 1. The van der Waals surface area contributed by atoms with Gasteiger partial charge in [0, 0.05) is 17.6 Å². The highest BCUT2D eigenvalue weighted by atomic mass is 16.4.